The summed E-state index contributed by atoms with van der Waals surface area (Å²) >= 11 is 0. The van der Waals surface area contributed by atoms with E-state index < -0.39 is 0 Å². The second-order valence-corrected chi connectivity index (χ2v) is 9.34. The number of benzene rings is 2. The topological polar surface area (TPSA) is 87.8 Å². The van der Waals surface area contributed by atoms with Crippen molar-refractivity contribution < 1.29 is 19.1 Å². The Hall–Kier alpha value is -3.65. The molecule has 1 unspecified atom stereocenters. The van der Waals surface area contributed by atoms with E-state index in [2.05, 4.69) is 15.1 Å². The van der Waals surface area contributed by atoms with Crippen molar-refractivity contribution in [2.45, 2.75) is 12.8 Å². The predicted octanol–water partition coefficient (Wildman–Crippen LogP) is 3.08. The molecular weight excluding hydrogens is 444 g/mol. The third kappa shape index (κ3) is 5.89. The van der Waals surface area contributed by atoms with Gasteiger partial charge < -0.3 is 19.3 Å². The molecule has 0 saturated carbocycles. The molecule has 1 aromatic heterocycles. The average molecular weight is 477 g/mol. The molecule has 0 saturated heterocycles. The Labute approximate surface area is 205 Å². The van der Waals surface area contributed by atoms with Crippen LogP contribution in [0.2, 0.25) is 0 Å². The van der Waals surface area contributed by atoms with E-state index in [1.807, 2.05) is 50.6 Å². The van der Waals surface area contributed by atoms with Crippen LogP contribution in [-0.2, 0) is 17.6 Å². The number of Topliss-reactive ketones (excluding diaryl/α,β-unsaturated/α-hetero) is 1. The molecule has 0 spiro atoms. The van der Waals surface area contributed by atoms with Crippen LogP contribution in [0.5, 0.6) is 11.5 Å². The van der Waals surface area contributed by atoms with Gasteiger partial charge in [-0.1, -0.05) is 12.1 Å². The number of aromatic nitrogens is 2. The van der Waals surface area contributed by atoms with Crippen LogP contribution in [0.4, 0.5) is 0 Å². The molecule has 184 valence electrons. The Morgan fingerprint density at radius 2 is 1.94 bits per heavy atom. The van der Waals surface area contributed by atoms with Gasteiger partial charge in [0, 0.05) is 49.9 Å². The number of carbonyl (C=O) groups is 2. The zero-order valence-electron chi connectivity index (χ0n) is 20.7. The lowest BCUT2D eigenvalue weighted by molar-refractivity contribution is -0.123. The van der Waals surface area contributed by atoms with Crippen molar-refractivity contribution in [3.63, 3.8) is 0 Å². The smallest absolute Gasteiger partial charge is 0.253 e. The zero-order valence-corrected chi connectivity index (χ0v) is 20.7. The number of carbonyl (C=O) groups excluding carboxylic acids is 2. The molecule has 3 aromatic rings. The molecule has 1 N–H and O–H groups in total. The maximum absolute atomic E-state index is 13.3. The maximum Gasteiger partial charge on any atom is 0.253 e. The number of amides is 1. The van der Waals surface area contributed by atoms with Gasteiger partial charge in [-0.25, -0.2) is 0 Å². The molecule has 8 heteroatoms. The molecule has 0 aliphatic carbocycles. The van der Waals surface area contributed by atoms with Crippen LogP contribution in [0, 0.1) is 5.92 Å². The fourth-order valence-corrected chi connectivity index (χ4v) is 4.09. The minimum Gasteiger partial charge on any atom is -0.493 e. The SMILES string of the molecule is CN(C)CCOc1cc(-c2cn[nH]c2)ccc1CC(=O)C1COc2ccc(C(=O)N(C)C)cc2C1. The van der Waals surface area contributed by atoms with E-state index in [0.29, 0.717) is 30.9 Å². The highest BCUT2D eigenvalue weighted by atomic mass is 16.5. The number of ketones is 1. The molecule has 1 atom stereocenters. The summed E-state index contributed by atoms with van der Waals surface area (Å²) in [6.07, 6.45) is 4.39. The highest BCUT2D eigenvalue weighted by molar-refractivity contribution is 5.94. The molecule has 0 fully saturated rings. The number of hydrogen-bond donors (Lipinski definition) is 1. The standard InChI is InChI=1S/C27H32N4O4/c1-30(2)9-10-34-26-14-18(23-15-28-29-16-23)5-6-19(26)13-24(32)22-12-21-11-20(27(33)31(3)4)7-8-25(21)35-17-22/h5-8,11,14-16,22H,9-10,12-13,17H2,1-4H3,(H,28,29). The van der Waals surface area contributed by atoms with Crippen LogP contribution in [-0.4, -0.2) is 79.6 Å². The number of hydrogen-bond acceptors (Lipinski definition) is 6. The summed E-state index contributed by atoms with van der Waals surface area (Å²) in [6, 6.07) is 11.3. The maximum atomic E-state index is 13.3. The van der Waals surface area contributed by atoms with Gasteiger partial charge in [-0.05, 0) is 55.9 Å². The number of ether oxygens (including phenoxy) is 2. The number of likely N-dealkylation sites (N-methyl/N-ethyl adjacent to an activating group) is 1. The Kier molecular flexibility index (Phi) is 7.51. The van der Waals surface area contributed by atoms with Crippen LogP contribution < -0.4 is 9.47 Å². The number of rotatable bonds is 9. The molecule has 0 bridgehead atoms. The Bertz CT molecular complexity index is 1190. The molecule has 8 nitrogen and oxygen atoms in total. The van der Waals surface area contributed by atoms with Crippen LogP contribution >= 0.6 is 0 Å². The molecule has 2 aromatic carbocycles. The molecule has 4 rings (SSSR count). The normalized spacial score (nSPS) is 14.8. The quantitative estimate of drug-likeness (QED) is 0.511. The minimum absolute atomic E-state index is 0.0709. The van der Waals surface area contributed by atoms with E-state index in [1.54, 1.807) is 31.3 Å². The van der Waals surface area contributed by atoms with Crippen LogP contribution in [0.25, 0.3) is 11.1 Å². The van der Waals surface area contributed by atoms with Gasteiger partial charge in [0.25, 0.3) is 5.91 Å². The second kappa shape index (κ2) is 10.7. The van der Waals surface area contributed by atoms with Gasteiger partial charge in [-0.15, -0.1) is 0 Å². The summed E-state index contributed by atoms with van der Waals surface area (Å²) in [7, 11) is 7.43. The van der Waals surface area contributed by atoms with Crippen molar-refractivity contribution in [1.29, 1.82) is 0 Å². The third-order valence-corrected chi connectivity index (χ3v) is 6.13. The van der Waals surface area contributed by atoms with Crippen LogP contribution in [0.3, 0.4) is 0 Å². The molecule has 0 radical (unpaired) electrons. The molecule has 2 heterocycles. The Morgan fingerprint density at radius 1 is 1.11 bits per heavy atom. The number of fused-ring (bicyclic) bond motifs is 1. The first-order chi connectivity index (χ1) is 16.8. The second-order valence-electron chi connectivity index (χ2n) is 9.34. The molecule has 35 heavy (non-hydrogen) atoms. The number of aromatic amines is 1. The summed E-state index contributed by atoms with van der Waals surface area (Å²) in [5.74, 6) is 1.18. The number of nitrogens with zero attached hydrogens (tertiary/aromatic N) is 3. The lowest BCUT2D eigenvalue weighted by Crippen LogP contribution is -2.30. The van der Waals surface area contributed by atoms with Crippen molar-refractivity contribution in [3.8, 4) is 22.6 Å². The average Bonchev–Trinajstić information content (AvgIpc) is 3.38. The van der Waals surface area contributed by atoms with Gasteiger partial charge in [-0.3, -0.25) is 14.7 Å². The van der Waals surface area contributed by atoms with E-state index in [9.17, 15) is 9.59 Å². The number of H-pyrrole nitrogens is 1. The largest absolute Gasteiger partial charge is 0.493 e. The van der Waals surface area contributed by atoms with Crippen molar-refractivity contribution in [2.75, 3.05) is 47.9 Å². The van der Waals surface area contributed by atoms with Gasteiger partial charge in [0.1, 0.15) is 23.9 Å². The van der Waals surface area contributed by atoms with E-state index in [1.165, 1.54) is 0 Å². The van der Waals surface area contributed by atoms with Crippen LogP contribution in [0.15, 0.2) is 48.8 Å². The van der Waals surface area contributed by atoms with Crippen molar-refractivity contribution in [2.24, 2.45) is 5.92 Å². The minimum atomic E-state index is -0.282. The van der Waals surface area contributed by atoms with Crippen molar-refractivity contribution in [3.05, 3.63) is 65.5 Å². The summed E-state index contributed by atoms with van der Waals surface area (Å²) in [5, 5.41) is 6.86. The van der Waals surface area contributed by atoms with Gasteiger partial charge in [0.15, 0.2) is 0 Å². The van der Waals surface area contributed by atoms with Crippen molar-refractivity contribution >= 4 is 11.7 Å². The van der Waals surface area contributed by atoms with Gasteiger partial charge >= 0.3 is 0 Å². The molecule has 1 amide bonds. The number of nitrogens with one attached hydrogen (secondary N) is 1. The van der Waals surface area contributed by atoms with Gasteiger partial charge in [0.05, 0.1) is 18.7 Å². The molecule has 1 aliphatic rings. The fraction of sp³-hybridized carbons (Fsp3) is 0.370. The summed E-state index contributed by atoms with van der Waals surface area (Å²) < 4.78 is 12.0. The predicted molar refractivity (Wildman–Crippen MR) is 134 cm³/mol. The van der Waals surface area contributed by atoms with Gasteiger partial charge in [-0.2, -0.15) is 5.10 Å². The lowest BCUT2D eigenvalue weighted by Gasteiger charge is -2.25. The van der Waals surface area contributed by atoms with Gasteiger partial charge in [0.2, 0.25) is 0 Å². The highest BCUT2D eigenvalue weighted by Gasteiger charge is 2.27. The Balaban J connectivity index is 1.51. The highest BCUT2D eigenvalue weighted by Crippen LogP contribution is 2.32. The van der Waals surface area contributed by atoms with E-state index >= 15 is 0 Å². The first-order valence-electron chi connectivity index (χ1n) is 11.7. The zero-order chi connectivity index (χ0) is 24.9. The van der Waals surface area contributed by atoms with Crippen molar-refractivity contribution in [1.82, 2.24) is 20.0 Å². The summed E-state index contributed by atoms with van der Waals surface area (Å²) in [6.45, 7) is 1.62. The van der Waals surface area contributed by atoms with E-state index in [4.69, 9.17) is 9.47 Å². The van der Waals surface area contributed by atoms with E-state index in [0.717, 1.165) is 34.5 Å². The summed E-state index contributed by atoms with van der Waals surface area (Å²) in [4.78, 5) is 29.3. The first kappa shape index (κ1) is 24.5. The summed E-state index contributed by atoms with van der Waals surface area (Å²) in [5.41, 5.74) is 4.27. The fourth-order valence-electron chi connectivity index (χ4n) is 4.09. The molecule has 1 aliphatic heterocycles. The lowest BCUT2D eigenvalue weighted by atomic mass is 9.89. The first-order valence-corrected chi connectivity index (χ1v) is 11.7. The third-order valence-electron chi connectivity index (χ3n) is 6.13. The Morgan fingerprint density at radius 3 is 2.66 bits per heavy atom. The van der Waals surface area contributed by atoms with Crippen LogP contribution in [0.1, 0.15) is 21.5 Å². The molecular formula is C27H32N4O4. The monoisotopic (exact) mass is 476 g/mol. The van der Waals surface area contributed by atoms with E-state index in [-0.39, 0.29) is 24.0 Å².